The van der Waals surface area contributed by atoms with Crippen molar-refractivity contribution in [2.75, 3.05) is 36.2 Å². The van der Waals surface area contributed by atoms with Crippen LogP contribution in [0.5, 0.6) is 6.01 Å². The first kappa shape index (κ1) is 38.9. The molecule has 16 nitrogen and oxygen atoms in total. The number of halogens is 4. The van der Waals surface area contributed by atoms with E-state index in [0.29, 0.717) is 40.6 Å². The third kappa shape index (κ3) is 10.3. The van der Waals surface area contributed by atoms with Gasteiger partial charge in [-0.25, -0.2) is 9.78 Å². The van der Waals surface area contributed by atoms with E-state index in [-0.39, 0.29) is 17.5 Å². The van der Waals surface area contributed by atoms with Crippen molar-refractivity contribution in [2.24, 2.45) is 0 Å². The molecule has 6 rings (SSSR count). The van der Waals surface area contributed by atoms with Crippen LogP contribution in [0.2, 0.25) is 5.02 Å². The average molecular weight is 794 g/mol. The van der Waals surface area contributed by atoms with Crippen molar-refractivity contribution in [1.29, 1.82) is 0 Å². The summed E-state index contributed by atoms with van der Waals surface area (Å²) in [5.41, 5.74) is 1.73. The second-order valence-electron chi connectivity index (χ2n) is 12.2. The summed E-state index contributed by atoms with van der Waals surface area (Å²) in [6.45, 7) is -2.12. The van der Waals surface area contributed by atoms with Crippen LogP contribution in [0.3, 0.4) is 0 Å². The van der Waals surface area contributed by atoms with E-state index in [9.17, 15) is 32.3 Å². The summed E-state index contributed by atoms with van der Waals surface area (Å²) >= 11 is 6.03. The Morgan fingerprint density at radius 1 is 0.893 bits per heavy atom. The maximum atomic E-state index is 13.1. The molecule has 5 N–H and O–H groups in total. The number of methoxy groups -OCH3 is 1. The lowest BCUT2D eigenvalue weighted by molar-refractivity contribution is -0.154. The predicted octanol–water partition coefficient (Wildman–Crippen LogP) is 4.99. The number of nitrogens with zero attached hydrogens (tertiary/aromatic N) is 4. The molecule has 1 saturated carbocycles. The van der Waals surface area contributed by atoms with Crippen LogP contribution in [0.25, 0.3) is 11.3 Å². The summed E-state index contributed by atoms with van der Waals surface area (Å²) in [6.07, 6.45) is -0.452. The quantitative estimate of drug-likeness (QED) is 0.0742. The van der Waals surface area contributed by atoms with E-state index >= 15 is 0 Å². The lowest BCUT2D eigenvalue weighted by Crippen LogP contribution is -2.50. The molecule has 1 atom stereocenters. The molecule has 5 aromatic rings. The molecule has 0 bridgehead atoms. The Bertz CT molecular complexity index is 2190. The van der Waals surface area contributed by atoms with Gasteiger partial charge in [-0.15, -0.1) is 0 Å². The number of anilines is 4. The highest BCUT2D eigenvalue weighted by molar-refractivity contribution is 6.39. The summed E-state index contributed by atoms with van der Waals surface area (Å²) in [6, 6.07) is 17.2. The van der Waals surface area contributed by atoms with Gasteiger partial charge in [-0.1, -0.05) is 23.7 Å². The lowest BCUT2D eigenvalue weighted by atomic mass is 10.1. The van der Waals surface area contributed by atoms with Crippen molar-refractivity contribution in [1.82, 2.24) is 30.6 Å². The van der Waals surface area contributed by atoms with Crippen molar-refractivity contribution < 1.29 is 46.2 Å². The van der Waals surface area contributed by atoms with Crippen molar-refractivity contribution in [3.8, 4) is 17.3 Å². The molecule has 290 valence electrons. The van der Waals surface area contributed by atoms with Crippen LogP contribution < -0.4 is 31.3 Å². The molecule has 1 aliphatic carbocycles. The number of carbonyl (C=O) groups is 4. The highest BCUT2D eigenvalue weighted by atomic mass is 35.5. The lowest BCUT2D eigenvalue weighted by Gasteiger charge is -2.19. The SMILES string of the molecule is COC(=O)[C@H](CNC(=O)C(=O)Nc1ccc(-c2cnco2)cc1)NC(=O)c1ccc(Nc2nc(NC3(c4ccc(Cl)cc4)CC3)nc(OCC(F)(F)F)n2)cc1. The predicted molar refractivity (Wildman–Crippen MR) is 194 cm³/mol. The Kier molecular flexibility index (Phi) is 11.6. The van der Waals surface area contributed by atoms with E-state index in [1.807, 2.05) is 12.1 Å². The number of carbonyl (C=O) groups excluding carboxylic acids is 4. The molecule has 0 radical (unpaired) electrons. The first-order valence-corrected chi connectivity index (χ1v) is 17.0. The number of hydrogen-bond acceptors (Lipinski definition) is 13. The minimum atomic E-state index is -4.65. The van der Waals surface area contributed by atoms with Gasteiger partial charge in [0.05, 0.1) is 18.8 Å². The molecule has 20 heteroatoms. The Morgan fingerprint density at radius 3 is 2.20 bits per heavy atom. The maximum Gasteiger partial charge on any atom is 0.422 e. The zero-order valence-electron chi connectivity index (χ0n) is 29.1. The van der Waals surface area contributed by atoms with E-state index in [1.165, 1.54) is 36.9 Å². The van der Waals surface area contributed by atoms with E-state index < -0.39 is 60.6 Å². The van der Waals surface area contributed by atoms with Crippen LogP contribution >= 0.6 is 11.6 Å². The Hall–Kier alpha value is -6.76. The molecular weight excluding hydrogens is 763 g/mol. The topological polar surface area (TPSA) is 212 Å². The molecule has 0 saturated heterocycles. The van der Waals surface area contributed by atoms with Gasteiger partial charge in [0.15, 0.2) is 18.8 Å². The average Bonchev–Trinajstić information content (AvgIpc) is 3.74. The molecule has 2 aromatic heterocycles. The highest BCUT2D eigenvalue weighted by Crippen LogP contribution is 2.48. The highest BCUT2D eigenvalue weighted by Gasteiger charge is 2.45. The first-order chi connectivity index (χ1) is 26.8. The van der Waals surface area contributed by atoms with E-state index in [1.54, 1.807) is 36.4 Å². The van der Waals surface area contributed by atoms with E-state index in [2.05, 4.69) is 46.5 Å². The molecule has 3 amide bonds. The van der Waals surface area contributed by atoms with Crippen molar-refractivity contribution in [2.45, 2.75) is 30.6 Å². The van der Waals surface area contributed by atoms with Crippen LogP contribution in [0.15, 0.2) is 89.8 Å². The number of esters is 1. The van der Waals surface area contributed by atoms with Gasteiger partial charge in [0.25, 0.3) is 5.91 Å². The first-order valence-electron chi connectivity index (χ1n) is 16.6. The Labute approximate surface area is 320 Å². The van der Waals surface area contributed by atoms with Crippen LogP contribution in [-0.2, 0) is 24.7 Å². The van der Waals surface area contributed by atoms with Crippen LogP contribution in [0, 0.1) is 0 Å². The second kappa shape index (κ2) is 16.7. The fourth-order valence-electron chi connectivity index (χ4n) is 5.22. The normalized spacial score (nSPS) is 13.4. The smallest absolute Gasteiger partial charge is 0.422 e. The molecule has 0 unspecified atom stereocenters. The van der Waals surface area contributed by atoms with Gasteiger partial charge >= 0.3 is 30.0 Å². The molecule has 1 fully saturated rings. The standard InChI is InChI=1S/C36H31ClF3N9O7/c1-54-31(53)26(16-42-29(51)30(52)43-24-10-2-20(3-11-24)27-17-41-19-56-27)45-28(50)21-4-12-25(13-5-21)44-32-46-33(48-34(47-32)55-18-36(38,39)40)49-35(14-15-35)22-6-8-23(37)9-7-22/h2-13,17,19,26H,14-16,18H2,1H3,(H,42,51)(H,43,52)(H,45,50)(H2,44,46,47,48,49)/t26-/m0/s1. The van der Waals surface area contributed by atoms with Crippen LogP contribution in [-0.4, -0.2) is 76.1 Å². The number of rotatable bonds is 14. The van der Waals surface area contributed by atoms with Gasteiger partial charge in [0.2, 0.25) is 11.9 Å². The summed E-state index contributed by atoms with van der Waals surface area (Å²) in [4.78, 5) is 66.7. The number of oxazole rings is 1. The molecule has 2 heterocycles. The van der Waals surface area contributed by atoms with Crippen LogP contribution in [0.4, 0.5) is 36.4 Å². The van der Waals surface area contributed by atoms with Crippen molar-refractivity contribution >= 4 is 58.6 Å². The van der Waals surface area contributed by atoms with E-state index in [0.717, 1.165) is 12.7 Å². The third-order valence-electron chi connectivity index (χ3n) is 8.20. The third-order valence-corrected chi connectivity index (χ3v) is 8.46. The molecule has 56 heavy (non-hydrogen) atoms. The van der Waals surface area contributed by atoms with Gasteiger partial charge in [0.1, 0.15) is 6.04 Å². The zero-order chi connectivity index (χ0) is 39.9. The number of alkyl halides is 3. The molecule has 0 aliphatic heterocycles. The Balaban J connectivity index is 1.07. The van der Waals surface area contributed by atoms with Gasteiger partial charge in [-0.2, -0.15) is 28.1 Å². The number of hydrogen-bond donors (Lipinski definition) is 5. The largest absolute Gasteiger partial charge is 0.467 e. The number of benzene rings is 3. The van der Waals surface area contributed by atoms with Gasteiger partial charge in [-0.3, -0.25) is 14.4 Å². The van der Waals surface area contributed by atoms with Gasteiger partial charge < -0.3 is 40.5 Å². The minimum absolute atomic E-state index is 0.0423. The maximum absolute atomic E-state index is 13.1. The van der Waals surface area contributed by atoms with Crippen molar-refractivity contribution in [3.63, 3.8) is 0 Å². The van der Waals surface area contributed by atoms with Gasteiger partial charge in [0, 0.05) is 34.1 Å². The van der Waals surface area contributed by atoms with E-state index in [4.69, 9.17) is 25.5 Å². The second-order valence-corrected chi connectivity index (χ2v) is 12.7. The summed E-state index contributed by atoms with van der Waals surface area (Å²) in [5.74, 6) is -3.42. The molecule has 3 aromatic carbocycles. The zero-order valence-corrected chi connectivity index (χ0v) is 29.9. The monoisotopic (exact) mass is 793 g/mol. The molecule has 1 aliphatic rings. The number of ether oxygens (including phenoxy) is 2. The summed E-state index contributed by atoms with van der Waals surface area (Å²) < 4.78 is 53.7. The number of aromatic nitrogens is 4. The molecule has 0 spiro atoms. The van der Waals surface area contributed by atoms with Crippen LogP contribution in [0.1, 0.15) is 28.8 Å². The summed E-state index contributed by atoms with van der Waals surface area (Å²) in [5, 5.41) is 13.8. The number of amides is 3. The Morgan fingerprint density at radius 2 is 1.57 bits per heavy atom. The fraction of sp³-hybridized carbons (Fsp3) is 0.222. The summed E-state index contributed by atoms with van der Waals surface area (Å²) in [7, 11) is 1.09. The fourth-order valence-corrected chi connectivity index (χ4v) is 5.35. The molecular formula is C36H31ClF3N9O7. The van der Waals surface area contributed by atoms with Crippen molar-refractivity contribution in [3.05, 3.63) is 102 Å². The minimum Gasteiger partial charge on any atom is -0.467 e. The number of nitrogens with one attached hydrogen (secondary N) is 5. The van der Waals surface area contributed by atoms with Gasteiger partial charge in [-0.05, 0) is 79.1 Å².